The van der Waals surface area contributed by atoms with Crippen molar-refractivity contribution >= 4 is 23.5 Å². The predicted molar refractivity (Wildman–Crippen MR) is 98.7 cm³/mol. The Morgan fingerprint density at radius 2 is 1.36 bits per heavy atom. The van der Waals surface area contributed by atoms with Gasteiger partial charge in [0.05, 0.1) is 0 Å². The molecule has 1 aromatic heterocycles. The van der Waals surface area contributed by atoms with Gasteiger partial charge in [0, 0.05) is 20.0 Å². The van der Waals surface area contributed by atoms with E-state index in [1.807, 2.05) is 30.0 Å². The molecule has 0 atom stereocenters. The van der Waals surface area contributed by atoms with Gasteiger partial charge in [-0.15, -0.1) is 22.0 Å². The molecular formula is C18H24N2S2. The smallest absolute Gasteiger partial charge is 0.120 e. The summed E-state index contributed by atoms with van der Waals surface area (Å²) in [4.78, 5) is 1.19. The van der Waals surface area contributed by atoms with Crippen LogP contribution in [0.15, 0.2) is 46.3 Å². The van der Waals surface area contributed by atoms with Gasteiger partial charge in [-0.25, -0.2) is 0 Å². The molecule has 2 aromatic rings. The van der Waals surface area contributed by atoms with Gasteiger partial charge in [0.25, 0.3) is 0 Å². The van der Waals surface area contributed by atoms with Gasteiger partial charge in [-0.1, -0.05) is 83.6 Å². The van der Waals surface area contributed by atoms with E-state index in [1.54, 1.807) is 11.8 Å². The van der Waals surface area contributed by atoms with E-state index in [9.17, 15) is 0 Å². The molecule has 118 valence electrons. The summed E-state index contributed by atoms with van der Waals surface area (Å²) in [5, 5.41) is 9.94. The van der Waals surface area contributed by atoms with E-state index < -0.39 is 0 Å². The average molecular weight is 333 g/mol. The van der Waals surface area contributed by atoms with Crippen LogP contribution in [0.3, 0.4) is 0 Å². The molecule has 0 bridgehead atoms. The highest BCUT2D eigenvalue weighted by Crippen LogP contribution is 2.40. The van der Waals surface area contributed by atoms with Gasteiger partial charge in [0.2, 0.25) is 0 Å². The maximum Gasteiger partial charge on any atom is 0.120 e. The van der Waals surface area contributed by atoms with E-state index >= 15 is 0 Å². The third-order valence-electron chi connectivity index (χ3n) is 2.61. The van der Waals surface area contributed by atoms with Crippen molar-refractivity contribution in [2.45, 2.75) is 61.0 Å². The first-order chi connectivity index (χ1) is 10.1. The van der Waals surface area contributed by atoms with Crippen molar-refractivity contribution in [1.82, 2.24) is 10.2 Å². The van der Waals surface area contributed by atoms with Gasteiger partial charge < -0.3 is 0 Å². The van der Waals surface area contributed by atoms with Crippen LogP contribution in [0.25, 0.3) is 11.3 Å². The fourth-order valence-corrected chi connectivity index (χ4v) is 3.97. The van der Waals surface area contributed by atoms with Gasteiger partial charge in [0.1, 0.15) is 10.7 Å². The lowest BCUT2D eigenvalue weighted by Gasteiger charge is -2.21. The van der Waals surface area contributed by atoms with Gasteiger partial charge in [-0.05, 0) is 6.07 Å². The monoisotopic (exact) mass is 332 g/mol. The Morgan fingerprint density at radius 1 is 0.773 bits per heavy atom. The van der Waals surface area contributed by atoms with Crippen molar-refractivity contribution in [3.05, 3.63) is 36.4 Å². The van der Waals surface area contributed by atoms with Crippen molar-refractivity contribution in [3.63, 3.8) is 0 Å². The zero-order valence-electron chi connectivity index (χ0n) is 14.2. The zero-order chi connectivity index (χ0) is 16.4. The number of aromatic nitrogens is 2. The lowest BCUT2D eigenvalue weighted by atomic mass is 10.1. The molecule has 0 N–H and O–H groups in total. The van der Waals surface area contributed by atoms with E-state index in [0.717, 1.165) is 16.3 Å². The highest BCUT2D eigenvalue weighted by atomic mass is 32.2. The van der Waals surface area contributed by atoms with E-state index in [4.69, 9.17) is 0 Å². The summed E-state index contributed by atoms with van der Waals surface area (Å²) in [6, 6.07) is 12.5. The van der Waals surface area contributed by atoms with Crippen LogP contribution >= 0.6 is 23.5 Å². The summed E-state index contributed by atoms with van der Waals surface area (Å²) in [6.07, 6.45) is 0. The first-order valence-corrected chi connectivity index (χ1v) is 9.08. The number of nitrogens with zero attached hydrogens (tertiary/aromatic N) is 2. The standard InChI is InChI=1S/C18H24N2S2/c1-17(2,3)21-14-12-15(22-18(4,5)6)19-20-16(14)13-10-8-7-9-11-13/h7-12H,1-6H3. The Morgan fingerprint density at radius 3 is 1.91 bits per heavy atom. The molecule has 0 unspecified atom stereocenters. The van der Waals surface area contributed by atoms with Gasteiger partial charge in [-0.2, -0.15) is 0 Å². The third-order valence-corrected chi connectivity index (χ3v) is 4.78. The van der Waals surface area contributed by atoms with E-state index in [-0.39, 0.29) is 9.49 Å². The summed E-state index contributed by atoms with van der Waals surface area (Å²) < 4.78 is 0.267. The molecule has 4 heteroatoms. The summed E-state index contributed by atoms with van der Waals surface area (Å²) >= 11 is 3.60. The zero-order valence-corrected chi connectivity index (χ0v) is 15.8. The second-order valence-corrected chi connectivity index (χ2v) is 10.9. The van der Waals surface area contributed by atoms with Crippen LogP contribution in [0.4, 0.5) is 0 Å². The van der Waals surface area contributed by atoms with Crippen LogP contribution in [-0.2, 0) is 0 Å². The van der Waals surface area contributed by atoms with Gasteiger partial charge in [0.15, 0.2) is 0 Å². The van der Waals surface area contributed by atoms with E-state index in [0.29, 0.717) is 0 Å². The normalized spacial score (nSPS) is 12.5. The summed E-state index contributed by atoms with van der Waals surface area (Å²) in [7, 11) is 0. The Kier molecular flexibility index (Phi) is 5.23. The van der Waals surface area contributed by atoms with Crippen molar-refractivity contribution in [2.24, 2.45) is 0 Å². The molecule has 0 saturated carbocycles. The number of thioether (sulfide) groups is 2. The Balaban J connectivity index is 2.45. The molecule has 1 aromatic carbocycles. The number of rotatable bonds is 3. The largest absolute Gasteiger partial charge is 0.148 e. The molecule has 0 saturated heterocycles. The average Bonchev–Trinajstić information content (AvgIpc) is 2.36. The minimum absolute atomic E-state index is 0.132. The van der Waals surface area contributed by atoms with Crippen LogP contribution in [0, 0.1) is 0 Å². The summed E-state index contributed by atoms with van der Waals surface area (Å²) in [6.45, 7) is 13.3. The molecule has 1 heterocycles. The van der Waals surface area contributed by atoms with Crippen molar-refractivity contribution in [2.75, 3.05) is 0 Å². The fourth-order valence-electron chi connectivity index (χ4n) is 1.93. The highest BCUT2D eigenvalue weighted by molar-refractivity contribution is 8.01. The molecule has 2 nitrogen and oxygen atoms in total. The van der Waals surface area contributed by atoms with Crippen LogP contribution in [0.1, 0.15) is 41.5 Å². The van der Waals surface area contributed by atoms with E-state index in [1.165, 1.54) is 4.90 Å². The maximum atomic E-state index is 4.53. The first kappa shape index (κ1) is 17.4. The number of benzene rings is 1. The van der Waals surface area contributed by atoms with Crippen molar-refractivity contribution in [3.8, 4) is 11.3 Å². The van der Waals surface area contributed by atoms with Crippen LogP contribution < -0.4 is 0 Å². The highest BCUT2D eigenvalue weighted by Gasteiger charge is 2.20. The van der Waals surface area contributed by atoms with Crippen molar-refractivity contribution in [1.29, 1.82) is 0 Å². The molecule has 0 aliphatic carbocycles. The SMILES string of the molecule is CC(C)(C)Sc1cc(SC(C)(C)C)c(-c2ccccc2)nn1. The molecule has 0 fully saturated rings. The lowest BCUT2D eigenvalue weighted by molar-refractivity contribution is 0.788. The molecular weight excluding hydrogens is 308 g/mol. The second kappa shape index (κ2) is 6.63. The molecule has 0 aliphatic heterocycles. The fraction of sp³-hybridized carbons (Fsp3) is 0.444. The Hall–Kier alpha value is -1.00. The number of hydrogen-bond donors (Lipinski definition) is 0. The van der Waals surface area contributed by atoms with Crippen LogP contribution in [0.5, 0.6) is 0 Å². The first-order valence-electron chi connectivity index (χ1n) is 7.45. The van der Waals surface area contributed by atoms with Gasteiger partial charge in [-0.3, -0.25) is 0 Å². The van der Waals surface area contributed by atoms with Crippen molar-refractivity contribution < 1.29 is 0 Å². The predicted octanol–water partition coefficient (Wildman–Crippen LogP) is 5.92. The van der Waals surface area contributed by atoms with Gasteiger partial charge >= 0.3 is 0 Å². The maximum absolute atomic E-state index is 4.53. The quantitative estimate of drug-likeness (QED) is 0.651. The van der Waals surface area contributed by atoms with Crippen LogP contribution in [0.2, 0.25) is 0 Å². The molecule has 0 radical (unpaired) electrons. The molecule has 0 amide bonds. The van der Waals surface area contributed by atoms with E-state index in [2.05, 4.69) is 69.9 Å². The molecule has 0 aliphatic rings. The summed E-state index contributed by atoms with van der Waals surface area (Å²) in [5.41, 5.74) is 2.09. The van der Waals surface area contributed by atoms with Crippen LogP contribution in [-0.4, -0.2) is 19.7 Å². The number of hydrogen-bond acceptors (Lipinski definition) is 4. The molecule has 22 heavy (non-hydrogen) atoms. The summed E-state index contributed by atoms with van der Waals surface area (Å²) in [5.74, 6) is 0. The third kappa shape index (κ3) is 5.33. The minimum Gasteiger partial charge on any atom is -0.148 e. The molecule has 0 spiro atoms. The topological polar surface area (TPSA) is 25.8 Å². The second-order valence-electron chi connectivity index (χ2n) is 7.19. The Bertz CT molecular complexity index is 626. The lowest BCUT2D eigenvalue weighted by Crippen LogP contribution is -2.10. The molecule has 2 rings (SSSR count). The minimum atomic E-state index is 0.132. The Labute approximate surface area is 142 Å².